The highest BCUT2D eigenvalue weighted by molar-refractivity contribution is 6.07. The van der Waals surface area contributed by atoms with Crippen LogP contribution >= 0.6 is 0 Å². The van der Waals surface area contributed by atoms with E-state index in [1.807, 2.05) is 5.43 Å². The summed E-state index contributed by atoms with van der Waals surface area (Å²) in [4.78, 5) is 51.1. The van der Waals surface area contributed by atoms with Crippen LogP contribution in [0, 0.1) is 11.8 Å². The molecule has 0 aliphatic heterocycles. The molecule has 2 saturated carbocycles. The first-order chi connectivity index (χ1) is 14.5. The molecule has 2 aliphatic rings. The Morgan fingerprint density at radius 2 is 1.40 bits per heavy atom. The molecule has 0 heterocycles. The number of carbonyl (C=O) groups is 4. The maximum Gasteiger partial charge on any atom is 0.279 e. The first kappa shape index (κ1) is 22.0. The zero-order chi connectivity index (χ0) is 21.5. The van der Waals surface area contributed by atoms with Crippen LogP contribution in [-0.4, -0.2) is 28.6 Å². The molecule has 30 heavy (non-hydrogen) atoms. The average Bonchev–Trinajstić information content (AvgIpc) is 2.82. The van der Waals surface area contributed by atoms with E-state index in [0.717, 1.165) is 56.4 Å². The Labute approximate surface area is 176 Å². The highest BCUT2D eigenvalue weighted by Crippen LogP contribution is 2.27. The summed E-state index contributed by atoms with van der Waals surface area (Å²) in [6.07, 6.45) is 8.91. The minimum absolute atomic E-state index is 0.143. The highest BCUT2D eigenvalue weighted by atomic mass is 16.2. The lowest BCUT2D eigenvalue weighted by Gasteiger charge is -2.30. The molecule has 8 heteroatoms. The number of amides is 4. The second-order valence-electron chi connectivity index (χ2n) is 8.18. The smallest absolute Gasteiger partial charge is 0.279 e. The maximum atomic E-state index is 13.2. The number of hydrogen-bond acceptors (Lipinski definition) is 5. The Kier molecular flexibility index (Phi) is 7.57. The third-order valence-corrected chi connectivity index (χ3v) is 6.08. The van der Waals surface area contributed by atoms with E-state index >= 15 is 0 Å². The van der Waals surface area contributed by atoms with Crippen LogP contribution in [-0.2, 0) is 9.59 Å². The molecule has 0 unspecified atom stereocenters. The molecule has 4 N–H and O–H groups in total. The first-order valence-electron chi connectivity index (χ1n) is 10.8. The van der Waals surface area contributed by atoms with Gasteiger partial charge in [0.2, 0.25) is 5.91 Å². The molecule has 8 nitrogen and oxygen atoms in total. The van der Waals surface area contributed by atoms with E-state index in [4.69, 9.17) is 5.84 Å². The lowest BCUT2D eigenvalue weighted by Crippen LogP contribution is -2.53. The van der Waals surface area contributed by atoms with E-state index in [0.29, 0.717) is 12.8 Å². The van der Waals surface area contributed by atoms with Gasteiger partial charge >= 0.3 is 0 Å². The Hall–Kier alpha value is -2.74. The second-order valence-corrected chi connectivity index (χ2v) is 8.18. The monoisotopic (exact) mass is 414 g/mol. The highest BCUT2D eigenvalue weighted by Gasteiger charge is 2.34. The number of nitrogens with zero attached hydrogens (tertiary/aromatic N) is 1. The van der Waals surface area contributed by atoms with Crippen molar-refractivity contribution in [2.45, 2.75) is 64.2 Å². The van der Waals surface area contributed by atoms with Gasteiger partial charge in [-0.15, -0.1) is 0 Å². The number of hydrogen-bond donors (Lipinski definition) is 3. The van der Waals surface area contributed by atoms with Gasteiger partial charge in [-0.1, -0.05) is 44.6 Å². The maximum absolute atomic E-state index is 13.2. The van der Waals surface area contributed by atoms with Crippen LogP contribution in [0.25, 0.3) is 0 Å². The van der Waals surface area contributed by atoms with Gasteiger partial charge in [0.05, 0.1) is 0 Å². The predicted octanol–water partition coefficient (Wildman–Crippen LogP) is 2.45. The van der Waals surface area contributed by atoms with E-state index in [-0.39, 0.29) is 34.8 Å². The van der Waals surface area contributed by atoms with Crippen LogP contribution in [0.1, 0.15) is 84.9 Å². The average molecular weight is 415 g/mol. The lowest BCUT2D eigenvalue weighted by atomic mass is 9.88. The normalized spacial score (nSPS) is 17.8. The van der Waals surface area contributed by atoms with E-state index in [1.165, 1.54) is 18.2 Å². The van der Waals surface area contributed by atoms with Gasteiger partial charge in [0, 0.05) is 23.0 Å². The van der Waals surface area contributed by atoms with Crippen LogP contribution in [0.3, 0.4) is 0 Å². The van der Waals surface area contributed by atoms with Crippen molar-refractivity contribution in [2.24, 2.45) is 17.7 Å². The molecule has 2 aliphatic carbocycles. The number of carbonyl (C=O) groups excluding carboxylic acids is 4. The predicted molar refractivity (Wildman–Crippen MR) is 111 cm³/mol. The van der Waals surface area contributed by atoms with E-state index in [9.17, 15) is 19.2 Å². The van der Waals surface area contributed by atoms with Gasteiger partial charge in [-0.3, -0.25) is 30.0 Å². The SMILES string of the molecule is NNC(=O)c1cccc(C(=O)N(NC(=O)C2CCCCC2)C(=O)C2CCCCC2)c1. The lowest BCUT2D eigenvalue weighted by molar-refractivity contribution is -0.143. The van der Waals surface area contributed by atoms with E-state index in [2.05, 4.69) is 5.43 Å². The fourth-order valence-electron chi connectivity index (χ4n) is 4.31. The van der Waals surface area contributed by atoms with Crippen molar-refractivity contribution in [3.05, 3.63) is 35.4 Å². The zero-order valence-corrected chi connectivity index (χ0v) is 17.2. The summed E-state index contributed by atoms with van der Waals surface area (Å²) >= 11 is 0. The van der Waals surface area contributed by atoms with Gasteiger partial charge in [0.25, 0.3) is 17.7 Å². The molecule has 0 saturated heterocycles. The minimum Gasteiger partial charge on any atom is -0.290 e. The number of benzene rings is 1. The Morgan fingerprint density at radius 3 is 2.00 bits per heavy atom. The summed E-state index contributed by atoms with van der Waals surface area (Å²) in [7, 11) is 0. The van der Waals surface area contributed by atoms with Crippen molar-refractivity contribution in [3.63, 3.8) is 0 Å². The fraction of sp³-hybridized carbons (Fsp3) is 0.545. The molecular weight excluding hydrogens is 384 g/mol. The minimum atomic E-state index is -0.638. The molecule has 0 atom stereocenters. The topological polar surface area (TPSA) is 122 Å². The number of rotatable bonds is 4. The van der Waals surface area contributed by atoms with Crippen LogP contribution in [0.5, 0.6) is 0 Å². The molecular formula is C22H30N4O4. The molecule has 2 fully saturated rings. The molecule has 1 aromatic carbocycles. The summed E-state index contributed by atoms with van der Waals surface area (Å²) in [5.41, 5.74) is 4.98. The van der Waals surface area contributed by atoms with E-state index < -0.39 is 11.8 Å². The molecule has 0 spiro atoms. The van der Waals surface area contributed by atoms with Gasteiger partial charge in [-0.25, -0.2) is 5.84 Å². The number of hydrazine groups is 2. The van der Waals surface area contributed by atoms with Crippen molar-refractivity contribution in [1.82, 2.24) is 15.9 Å². The van der Waals surface area contributed by atoms with Crippen LogP contribution < -0.4 is 16.7 Å². The molecule has 0 aromatic heterocycles. The van der Waals surface area contributed by atoms with Crippen molar-refractivity contribution in [2.75, 3.05) is 0 Å². The number of imide groups is 1. The van der Waals surface area contributed by atoms with Crippen LogP contribution in [0.15, 0.2) is 24.3 Å². The second kappa shape index (κ2) is 10.3. The van der Waals surface area contributed by atoms with Crippen LogP contribution in [0.2, 0.25) is 0 Å². The summed E-state index contributed by atoms with van der Waals surface area (Å²) in [6, 6.07) is 5.96. The number of nitrogen functional groups attached to an aromatic ring is 1. The molecule has 0 bridgehead atoms. The van der Waals surface area contributed by atoms with Gasteiger partial charge in [-0.2, -0.15) is 5.01 Å². The third-order valence-electron chi connectivity index (χ3n) is 6.08. The molecule has 162 valence electrons. The molecule has 1 aromatic rings. The van der Waals surface area contributed by atoms with Gasteiger partial charge in [-0.05, 0) is 43.9 Å². The summed E-state index contributed by atoms with van der Waals surface area (Å²) < 4.78 is 0. The van der Waals surface area contributed by atoms with Crippen molar-refractivity contribution in [3.8, 4) is 0 Å². The van der Waals surface area contributed by atoms with Gasteiger partial charge in [0.15, 0.2) is 0 Å². The van der Waals surface area contributed by atoms with E-state index in [1.54, 1.807) is 6.07 Å². The number of nitrogens with two attached hydrogens (primary N) is 1. The zero-order valence-electron chi connectivity index (χ0n) is 17.2. The van der Waals surface area contributed by atoms with Gasteiger partial charge in [0.1, 0.15) is 0 Å². The summed E-state index contributed by atoms with van der Waals surface area (Å²) in [6.45, 7) is 0. The molecule has 4 amide bonds. The van der Waals surface area contributed by atoms with Crippen molar-refractivity contribution < 1.29 is 19.2 Å². The fourth-order valence-corrected chi connectivity index (χ4v) is 4.31. The Morgan fingerprint density at radius 1 is 0.833 bits per heavy atom. The summed E-state index contributed by atoms with van der Waals surface area (Å²) in [5.74, 6) is 2.85. The quantitative estimate of drug-likeness (QED) is 0.302. The summed E-state index contributed by atoms with van der Waals surface area (Å²) in [5, 5.41) is 0.881. The molecule has 0 radical (unpaired) electrons. The Balaban J connectivity index is 1.83. The van der Waals surface area contributed by atoms with Crippen molar-refractivity contribution in [1.29, 1.82) is 0 Å². The third kappa shape index (κ3) is 5.24. The molecule has 3 rings (SSSR count). The standard InChI is InChI=1S/C22H30N4O4/c23-24-19(27)17-12-7-13-18(14-17)22(30)26(21(29)16-10-5-2-6-11-16)25-20(28)15-8-3-1-4-9-15/h7,12-16H,1-6,8-11,23H2,(H,24,27)(H,25,28). The Bertz CT molecular complexity index is 798. The largest absolute Gasteiger partial charge is 0.290 e. The number of nitrogens with one attached hydrogen (secondary N) is 2. The van der Waals surface area contributed by atoms with Gasteiger partial charge < -0.3 is 0 Å². The first-order valence-corrected chi connectivity index (χ1v) is 10.8. The van der Waals surface area contributed by atoms with Crippen LogP contribution in [0.4, 0.5) is 0 Å². The van der Waals surface area contributed by atoms with Crippen molar-refractivity contribution >= 4 is 23.6 Å².